The van der Waals surface area contributed by atoms with Crippen LogP contribution in [0.25, 0.3) is 0 Å². The lowest BCUT2D eigenvalue weighted by atomic mass is 10.1. The van der Waals surface area contributed by atoms with E-state index in [1.807, 2.05) is 39.0 Å². The molecule has 0 unspecified atom stereocenters. The SMILES string of the molecule is CCN(C(=O)c1ccc(Cl)c(S(=O)(=O)N(C)OC)c1)c1cc(C)cc(C)c1. The highest BCUT2D eigenvalue weighted by Gasteiger charge is 2.26. The van der Waals surface area contributed by atoms with Crippen LogP contribution in [0.15, 0.2) is 41.3 Å². The Bertz CT molecular complexity index is 940. The number of amides is 1. The van der Waals surface area contributed by atoms with Crippen molar-refractivity contribution in [2.75, 3.05) is 25.6 Å². The highest BCUT2D eigenvalue weighted by molar-refractivity contribution is 7.89. The predicted molar refractivity (Wildman–Crippen MR) is 107 cm³/mol. The van der Waals surface area contributed by atoms with Crippen LogP contribution in [0.3, 0.4) is 0 Å². The Kier molecular flexibility index (Phi) is 6.64. The van der Waals surface area contributed by atoms with Gasteiger partial charge < -0.3 is 4.90 Å². The lowest BCUT2D eigenvalue weighted by molar-refractivity contribution is -0.0258. The summed E-state index contributed by atoms with van der Waals surface area (Å²) < 4.78 is 25.8. The summed E-state index contributed by atoms with van der Waals surface area (Å²) in [6.07, 6.45) is 0. The first kappa shape index (κ1) is 21.4. The summed E-state index contributed by atoms with van der Waals surface area (Å²) in [5.74, 6) is -0.310. The maximum absolute atomic E-state index is 13.1. The Hall–Kier alpha value is -1.93. The fourth-order valence-electron chi connectivity index (χ4n) is 2.78. The van der Waals surface area contributed by atoms with E-state index >= 15 is 0 Å². The number of hydroxylamine groups is 1. The van der Waals surface area contributed by atoms with Crippen LogP contribution in [0.4, 0.5) is 5.69 Å². The van der Waals surface area contributed by atoms with Gasteiger partial charge in [-0.25, -0.2) is 8.42 Å². The highest BCUT2D eigenvalue weighted by atomic mass is 35.5. The number of halogens is 1. The van der Waals surface area contributed by atoms with Crippen LogP contribution in [-0.4, -0.2) is 39.5 Å². The van der Waals surface area contributed by atoms with Crippen LogP contribution >= 0.6 is 11.6 Å². The summed E-state index contributed by atoms with van der Waals surface area (Å²) in [7, 11) is -1.48. The number of benzene rings is 2. The molecule has 0 spiro atoms. The summed E-state index contributed by atoms with van der Waals surface area (Å²) >= 11 is 6.07. The van der Waals surface area contributed by atoms with Crippen molar-refractivity contribution < 1.29 is 18.0 Å². The molecule has 0 aliphatic carbocycles. The van der Waals surface area contributed by atoms with Crippen LogP contribution in [0.1, 0.15) is 28.4 Å². The smallest absolute Gasteiger partial charge is 0.266 e. The molecule has 27 heavy (non-hydrogen) atoms. The maximum Gasteiger partial charge on any atom is 0.266 e. The molecule has 8 heteroatoms. The van der Waals surface area contributed by atoms with Gasteiger partial charge in [-0.05, 0) is 62.2 Å². The molecule has 0 N–H and O–H groups in total. The monoisotopic (exact) mass is 410 g/mol. The van der Waals surface area contributed by atoms with E-state index in [0.29, 0.717) is 11.0 Å². The number of hydrogen-bond acceptors (Lipinski definition) is 4. The van der Waals surface area contributed by atoms with Crippen molar-refractivity contribution in [3.8, 4) is 0 Å². The third kappa shape index (κ3) is 4.50. The fourth-order valence-corrected chi connectivity index (χ4v) is 4.25. The zero-order valence-electron chi connectivity index (χ0n) is 16.0. The lowest BCUT2D eigenvalue weighted by Crippen LogP contribution is -2.31. The van der Waals surface area contributed by atoms with Crippen molar-refractivity contribution in [1.82, 2.24) is 4.47 Å². The minimum atomic E-state index is -3.98. The second-order valence-electron chi connectivity index (χ2n) is 6.14. The number of hydrogen-bond donors (Lipinski definition) is 0. The molecule has 0 atom stereocenters. The van der Waals surface area contributed by atoms with Gasteiger partial charge >= 0.3 is 0 Å². The molecular formula is C19H23ClN2O4S. The quantitative estimate of drug-likeness (QED) is 0.679. The van der Waals surface area contributed by atoms with Crippen LogP contribution in [0.2, 0.25) is 5.02 Å². The normalized spacial score (nSPS) is 11.7. The maximum atomic E-state index is 13.1. The summed E-state index contributed by atoms with van der Waals surface area (Å²) in [5, 5.41) is 0.0184. The Morgan fingerprint density at radius 1 is 1.11 bits per heavy atom. The molecule has 0 aromatic heterocycles. The third-order valence-corrected chi connectivity index (χ3v) is 6.29. The van der Waals surface area contributed by atoms with Gasteiger partial charge in [0, 0.05) is 24.8 Å². The first-order chi connectivity index (χ1) is 12.6. The Morgan fingerprint density at radius 2 is 1.70 bits per heavy atom. The summed E-state index contributed by atoms with van der Waals surface area (Å²) in [5.41, 5.74) is 3.06. The average molecular weight is 411 g/mol. The van der Waals surface area contributed by atoms with E-state index in [2.05, 4.69) is 0 Å². The van der Waals surface area contributed by atoms with Crippen LogP contribution in [-0.2, 0) is 14.9 Å². The average Bonchev–Trinajstić information content (AvgIpc) is 2.60. The van der Waals surface area contributed by atoms with E-state index in [-0.39, 0.29) is 21.4 Å². The van der Waals surface area contributed by atoms with E-state index in [9.17, 15) is 13.2 Å². The van der Waals surface area contributed by atoms with Gasteiger partial charge in [-0.1, -0.05) is 22.1 Å². The van der Waals surface area contributed by atoms with E-state index in [1.54, 1.807) is 4.90 Å². The fraction of sp³-hybridized carbons (Fsp3) is 0.316. The molecule has 0 bridgehead atoms. The molecule has 6 nitrogen and oxygen atoms in total. The van der Waals surface area contributed by atoms with Gasteiger partial charge in [0.05, 0.1) is 12.1 Å². The minimum Gasteiger partial charge on any atom is -0.309 e. The van der Waals surface area contributed by atoms with E-state index in [4.69, 9.17) is 16.4 Å². The third-order valence-electron chi connectivity index (χ3n) is 4.13. The zero-order valence-corrected chi connectivity index (χ0v) is 17.6. The van der Waals surface area contributed by atoms with Gasteiger partial charge in [-0.3, -0.25) is 9.63 Å². The minimum absolute atomic E-state index is 0.0184. The molecule has 0 radical (unpaired) electrons. The van der Waals surface area contributed by atoms with Crippen LogP contribution < -0.4 is 4.90 Å². The first-order valence-corrected chi connectivity index (χ1v) is 10.2. The topological polar surface area (TPSA) is 66.9 Å². The number of carbonyl (C=O) groups excluding carboxylic acids is 1. The molecule has 0 saturated heterocycles. The molecule has 1 amide bonds. The van der Waals surface area contributed by atoms with Crippen molar-refractivity contribution in [2.45, 2.75) is 25.7 Å². The van der Waals surface area contributed by atoms with Crippen molar-refractivity contribution in [3.63, 3.8) is 0 Å². The zero-order chi connectivity index (χ0) is 20.4. The van der Waals surface area contributed by atoms with Gasteiger partial charge in [0.15, 0.2) is 0 Å². The number of rotatable bonds is 6. The number of sulfonamides is 1. The largest absolute Gasteiger partial charge is 0.309 e. The Balaban J connectivity index is 2.51. The standard InChI is InChI=1S/C19H23ClN2O4S/c1-6-22(16-10-13(2)9-14(3)11-16)19(23)15-7-8-17(20)18(12-15)27(24,25)21(4)26-5/h7-12H,6H2,1-5H3. The summed E-state index contributed by atoms with van der Waals surface area (Å²) in [6.45, 7) is 6.22. The number of nitrogens with zero attached hydrogens (tertiary/aromatic N) is 2. The second kappa shape index (κ2) is 8.39. The lowest BCUT2D eigenvalue weighted by Gasteiger charge is -2.23. The van der Waals surface area contributed by atoms with Crippen molar-refractivity contribution in [3.05, 3.63) is 58.1 Å². The number of anilines is 1. The molecule has 0 heterocycles. The van der Waals surface area contributed by atoms with E-state index in [0.717, 1.165) is 16.8 Å². The van der Waals surface area contributed by atoms with Crippen molar-refractivity contribution >= 4 is 33.2 Å². The van der Waals surface area contributed by atoms with Gasteiger partial charge in [0.25, 0.3) is 15.9 Å². The van der Waals surface area contributed by atoms with Gasteiger partial charge in [-0.15, -0.1) is 0 Å². The molecule has 2 rings (SSSR count). The molecular weight excluding hydrogens is 388 g/mol. The summed E-state index contributed by atoms with van der Waals surface area (Å²) in [6, 6.07) is 10.1. The molecule has 2 aromatic carbocycles. The first-order valence-electron chi connectivity index (χ1n) is 8.34. The number of aryl methyl sites for hydroxylation is 2. The van der Waals surface area contributed by atoms with Gasteiger partial charge in [-0.2, -0.15) is 0 Å². The molecule has 0 fully saturated rings. The predicted octanol–water partition coefficient (Wildman–Crippen LogP) is 3.81. The van der Waals surface area contributed by atoms with E-state index in [1.165, 1.54) is 32.4 Å². The Labute approximate surface area is 165 Å². The highest BCUT2D eigenvalue weighted by Crippen LogP contribution is 2.27. The van der Waals surface area contributed by atoms with Gasteiger partial charge in [0.2, 0.25) is 0 Å². The molecule has 0 saturated carbocycles. The molecule has 0 aliphatic heterocycles. The Morgan fingerprint density at radius 3 is 2.22 bits per heavy atom. The van der Waals surface area contributed by atoms with Crippen LogP contribution in [0.5, 0.6) is 0 Å². The second-order valence-corrected chi connectivity index (χ2v) is 8.45. The summed E-state index contributed by atoms with van der Waals surface area (Å²) in [4.78, 5) is 19.3. The molecule has 0 aliphatic rings. The molecule has 146 valence electrons. The van der Waals surface area contributed by atoms with Gasteiger partial charge in [0.1, 0.15) is 4.90 Å². The van der Waals surface area contributed by atoms with Crippen molar-refractivity contribution in [2.24, 2.45) is 0 Å². The van der Waals surface area contributed by atoms with E-state index < -0.39 is 10.0 Å². The van der Waals surface area contributed by atoms with Crippen LogP contribution in [0, 0.1) is 13.8 Å². The number of carbonyl (C=O) groups is 1. The molecule has 2 aromatic rings. The van der Waals surface area contributed by atoms with Crippen molar-refractivity contribution in [1.29, 1.82) is 0 Å².